The van der Waals surface area contributed by atoms with Crippen LogP contribution in [0.4, 0.5) is 0 Å². The van der Waals surface area contributed by atoms with Crippen molar-refractivity contribution in [3.05, 3.63) is 41.6 Å². The summed E-state index contributed by atoms with van der Waals surface area (Å²) < 4.78 is 2.14. The SMILES string of the molecule is Cc1cc2n(n1)CCCc1ccccc1-2. The molecule has 76 valence electrons. The van der Waals surface area contributed by atoms with Gasteiger partial charge in [0.1, 0.15) is 0 Å². The zero-order chi connectivity index (χ0) is 10.3. The van der Waals surface area contributed by atoms with E-state index in [9.17, 15) is 0 Å². The number of aryl methyl sites for hydroxylation is 3. The molecule has 2 aromatic rings. The molecule has 0 N–H and O–H groups in total. The molecule has 0 fully saturated rings. The van der Waals surface area contributed by atoms with E-state index < -0.39 is 0 Å². The maximum Gasteiger partial charge on any atom is 0.0687 e. The molecule has 15 heavy (non-hydrogen) atoms. The minimum absolute atomic E-state index is 1.04. The fourth-order valence-corrected chi connectivity index (χ4v) is 2.34. The number of fused-ring (bicyclic) bond motifs is 3. The Labute approximate surface area is 89.5 Å². The molecule has 1 aromatic carbocycles. The van der Waals surface area contributed by atoms with Crippen molar-refractivity contribution in [3.8, 4) is 11.3 Å². The second kappa shape index (κ2) is 3.23. The van der Waals surface area contributed by atoms with Crippen molar-refractivity contribution in [2.75, 3.05) is 0 Å². The van der Waals surface area contributed by atoms with Crippen LogP contribution in [0.2, 0.25) is 0 Å². The Bertz CT molecular complexity index is 497. The monoisotopic (exact) mass is 198 g/mol. The summed E-state index contributed by atoms with van der Waals surface area (Å²) in [7, 11) is 0. The van der Waals surface area contributed by atoms with Crippen molar-refractivity contribution >= 4 is 0 Å². The molecular weight excluding hydrogens is 184 g/mol. The lowest BCUT2D eigenvalue weighted by Gasteiger charge is -2.04. The van der Waals surface area contributed by atoms with Crippen LogP contribution in [0, 0.1) is 6.92 Å². The van der Waals surface area contributed by atoms with E-state index in [0.717, 1.165) is 12.2 Å². The average Bonchev–Trinajstić information content (AvgIpc) is 2.52. The third-order valence-corrected chi connectivity index (χ3v) is 3.01. The van der Waals surface area contributed by atoms with Gasteiger partial charge in [-0.05, 0) is 31.4 Å². The van der Waals surface area contributed by atoms with Crippen LogP contribution < -0.4 is 0 Å². The van der Waals surface area contributed by atoms with E-state index in [-0.39, 0.29) is 0 Å². The van der Waals surface area contributed by atoms with Crippen molar-refractivity contribution in [3.63, 3.8) is 0 Å². The maximum absolute atomic E-state index is 4.53. The molecule has 2 nitrogen and oxygen atoms in total. The predicted octanol–water partition coefficient (Wildman–Crippen LogP) is 2.80. The number of hydrogen-bond donors (Lipinski definition) is 0. The molecular formula is C13H14N2. The summed E-state index contributed by atoms with van der Waals surface area (Å²) in [5, 5.41) is 4.53. The first-order valence-corrected chi connectivity index (χ1v) is 5.47. The van der Waals surface area contributed by atoms with Gasteiger partial charge in [0.2, 0.25) is 0 Å². The van der Waals surface area contributed by atoms with Gasteiger partial charge in [-0.25, -0.2) is 0 Å². The zero-order valence-corrected chi connectivity index (χ0v) is 8.90. The topological polar surface area (TPSA) is 17.8 Å². The molecule has 0 bridgehead atoms. The molecule has 0 atom stereocenters. The third kappa shape index (κ3) is 1.37. The van der Waals surface area contributed by atoms with Gasteiger partial charge in [0, 0.05) is 12.1 Å². The van der Waals surface area contributed by atoms with Gasteiger partial charge < -0.3 is 0 Å². The first-order chi connectivity index (χ1) is 7.34. The van der Waals surface area contributed by atoms with Gasteiger partial charge in [-0.1, -0.05) is 24.3 Å². The Morgan fingerprint density at radius 1 is 1.27 bits per heavy atom. The van der Waals surface area contributed by atoms with E-state index in [1.165, 1.54) is 29.7 Å². The molecule has 0 unspecified atom stereocenters. The number of nitrogens with zero attached hydrogens (tertiary/aromatic N) is 2. The Balaban J connectivity index is 2.26. The molecule has 0 spiro atoms. The first-order valence-electron chi connectivity index (χ1n) is 5.47. The minimum atomic E-state index is 1.04. The summed E-state index contributed by atoms with van der Waals surface area (Å²) in [4.78, 5) is 0. The summed E-state index contributed by atoms with van der Waals surface area (Å²) in [5.41, 5.74) is 5.20. The van der Waals surface area contributed by atoms with Gasteiger partial charge in [-0.2, -0.15) is 5.10 Å². The summed E-state index contributed by atoms with van der Waals surface area (Å²) in [6, 6.07) is 10.8. The van der Waals surface area contributed by atoms with Crippen molar-refractivity contribution in [2.24, 2.45) is 0 Å². The molecule has 0 saturated heterocycles. The molecule has 1 aromatic heterocycles. The fourth-order valence-electron chi connectivity index (χ4n) is 2.34. The summed E-state index contributed by atoms with van der Waals surface area (Å²) in [5.74, 6) is 0. The Morgan fingerprint density at radius 2 is 2.13 bits per heavy atom. The number of benzene rings is 1. The van der Waals surface area contributed by atoms with Crippen LogP contribution in [0.15, 0.2) is 30.3 Å². The van der Waals surface area contributed by atoms with E-state index in [2.05, 4.69) is 47.0 Å². The fraction of sp³-hybridized carbons (Fsp3) is 0.308. The minimum Gasteiger partial charge on any atom is -0.265 e. The molecule has 0 saturated carbocycles. The Hall–Kier alpha value is -1.57. The Kier molecular flexibility index (Phi) is 1.88. The van der Waals surface area contributed by atoms with Gasteiger partial charge >= 0.3 is 0 Å². The van der Waals surface area contributed by atoms with Gasteiger partial charge in [-0.15, -0.1) is 0 Å². The van der Waals surface area contributed by atoms with E-state index in [0.29, 0.717) is 0 Å². The van der Waals surface area contributed by atoms with Crippen LogP contribution in [0.5, 0.6) is 0 Å². The maximum atomic E-state index is 4.53. The summed E-state index contributed by atoms with van der Waals surface area (Å²) in [6.45, 7) is 3.10. The molecule has 2 heteroatoms. The predicted molar refractivity (Wildman–Crippen MR) is 60.7 cm³/mol. The number of hydrogen-bond acceptors (Lipinski definition) is 1. The van der Waals surface area contributed by atoms with Crippen molar-refractivity contribution in [2.45, 2.75) is 26.3 Å². The van der Waals surface area contributed by atoms with Crippen LogP contribution in [0.25, 0.3) is 11.3 Å². The molecule has 2 heterocycles. The first kappa shape index (κ1) is 8.72. The van der Waals surface area contributed by atoms with E-state index >= 15 is 0 Å². The summed E-state index contributed by atoms with van der Waals surface area (Å²) in [6.07, 6.45) is 2.35. The highest BCUT2D eigenvalue weighted by molar-refractivity contribution is 5.65. The normalized spacial score (nSPS) is 14.2. The van der Waals surface area contributed by atoms with Crippen LogP contribution in [0.3, 0.4) is 0 Å². The quantitative estimate of drug-likeness (QED) is 0.636. The lowest BCUT2D eigenvalue weighted by atomic mass is 10.0. The van der Waals surface area contributed by atoms with Crippen molar-refractivity contribution < 1.29 is 0 Å². The van der Waals surface area contributed by atoms with Gasteiger partial charge in [0.05, 0.1) is 11.4 Å². The van der Waals surface area contributed by atoms with E-state index in [4.69, 9.17) is 0 Å². The van der Waals surface area contributed by atoms with Crippen LogP contribution in [-0.2, 0) is 13.0 Å². The highest BCUT2D eigenvalue weighted by atomic mass is 15.3. The smallest absolute Gasteiger partial charge is 0.0687 e. The van der Waals surface area contributed by atoms with Crippen LogP contribution >= 0.6 is 0 Å². The average molecular weight is 198 g/mol. The third-order valence-electron chi connectivity index (χ3n) is 3.01. The molecule has 3 rings (SSSR count). The second-order valence-electron chi connectivity index (χ2n) is 4.15. The number of aromatic nitrogens is 2. The van der Waals surface area contributed by atoms with Gasteiger partial charge in [0.15, 0.2) is 0 Å². The van der Waals surface area contributed by atoms with Crippen LogP contribution in [0.1, 0.15) is 17.7 Å². The summed E-state index contributed by atoms with van der Waals surface area (Å²) >= 11 is 0. The largest absolute Gasteiger partial charge is 0.265 e. The second-order valence-corrected chi connectivity index (χ2v) is 4.15. The molecule has 1 aliphatic heterocycles. The van der Waals surface area contributed by atoms with E-state index in [1.54, 1.807) is 0 Å². The molecule has 0 aliphatic carbocycles. The molecule has 0 amide bonds. The lowest BCUT2D eigenvalue weighted by Crippen LogP contribution is -2.00. The highest BCUT2D eigenvalue weighted by Gasteiger charge is 2.14. The van der Waals surface area contributed by atoms with E-state index in [1.807, 2.05) is 0 Å². The highest BCUT2D eigenvalue weighted by Crippen LogP contribution is 2.28. The Morgan fingerprint density at radius 3 is 3.07 bits per heavy atom. The molecule has 0 radical (unpaired) electrons. The van der Waals surface area contributed by atoms with Crippen molar-refractivity contribution in [1.29, 1.82) is 0 Å². The molecule has 1 aliphatic rings. The van der Waals surface area contributed by atoms with Gasteiger partial charge in [-0.3, -0.25) is 4.68 Å². The zero-order valence-electron chi connectivity index (χ0n) is 8.90. The number of rotatable bonds is 0. The van der Waals surface area contributed by atoms with Crippen LogP contribution in [-0.4, -0.2) is 9.78 Å². The standard InChI is InChI=1S/C13H14N2/c1-10-9-13-12-7-3-2-5-11(12)6-4-8-15(13)14-10/h2-3,5,7,9H,4,6,8H2,1H3. The van der Waals surface area contributed by atoms with Crippen molar-refractivity contribution in [1.82, 2.24) is 9.78 Å². The van der Waals surface area contributed by atoms with Gasteiger partial charge in [0.25, 0.3) is 0 Å². The lowest BCUT2D eigenvalue weighted by molar-refractivity contribution is 0.590.